The third kappa shape index (κ3) is 3.36. The van der Waals surface area contributed by atoms with Crippen molar-refractivity contribution in [1.82, 2.24) is 14.4 Å². The number of aryl methyl sites for hydroxylation is 1. The van der Waals surface area contributed by atoms with Gasteiger partial charge in [0.1, 0.15) is 6.61 Å². The highest BCUT2D eigenvalue weighted by atomic mass is 32.1. The Labute approximate surface area is 145 Å². The van der Waals surface area contributed by atoms with Crippen molar-refractivity contribution in [2.75, 3.05) is 11.9 Å². The average Bonchev–Trinajstić information content (AvgIpc) is 3.18. The van der Waals surface area contributed by atoms with Crippen LogP contribution in [-0.2, 0) is 11.3 Å². The number of hydrogen-bond donors (Lipinski definition) is 1. The van der Waals surface area contributed by atoms with Gasteiger partial charge >= 0.3 is 5.97 Å². The SMILES string of the molecule is C=CCNc1nc(C(=O)OCc2cc(=O)n3c(C)csc3n2)cs1. The van der Waals surface area contributed by atoms with E-state index < -0.39 is 5.97 Å². The van der Waals surface area contributed by atoms with E-state index in [2.05, 4.69) is 21.9 Å². The van der Waals surface area contributed by atoms with Crippen molar-refractivity contribution in [3.8, 4) is 0 Å². The van der Waals surface area contributed by atoms with Gasteiger partial charge in [0.2, 0.25) is 0 Å². The highest BCUT2D eigenvalue weighted by Gasteiger charge is 2.13. The number of thiazole rings is 2. The van der Waals surface area contributed by atoms with Gasteiger partial charge in [-0.05, 0) is 6.92 Å². The van der Waals surface area contributed by atoms with Gasteiger partial charge in [-0.25, -0.2) is 14.8 Å². The van der Waals surface area contributed by atoms with Gasteiger partial charge in [-0.3, -0.25) is 9.20 Å². The molecule has 7 nitrogen and oxygen atoms in total. The van der Waals surface area contributed by atoms with Crippen LogP contribution in [0.25, 0.3) is 4.96 Å². The summed E-state index contributed by atoms with van der Waals surface area (Å²) in [4.78, 5) is 33.1. The molecule has 3 heterocycles. The Kier molecular flexibility index (Phi) is 4.72. The summed E-state index contributed by atoms with van der Waals surface area (Å²) < 4.78 is 6.72. The van der Waals surface area contributed by atoms with Crippen molar-refractivity contribution in [1.29, 1.82) is 0 Å². The molecule has 3 rings (SSSR count). The number of hydrogen-bond acceptors (Lipinski definition) is 8. The minimum Gasteiger partial charge on any atom is -0.454 e. The molecular formula is C15H14N4O3S2. The molecule has 0 spiro atoms. The predicted molar refractivity (Wildman–Crippen MR) is 94.0 cm³/mol. The summed E-state index contributed by atoms with van der Waals surface area (Å²) in [7, 11) is 0. The molecule has 0 atom stereocenters. The number of fused-ring (bicyclic) bond motifs is 1. The van der Waals surface area contributed by atoms with Crippen molar-refractivity contribution in [3.05, 3.63) is 56.9 Å². The Hall–Kier alpha value is -2.52. The molecule has 0 aliphatic heterocycles. The largest absolute Gasteiger partial charge is 0.454 e. The van der Waals surface area contributed by atoms with E-state index in [1.165, 1.54) is 33.1 Å². The number of nitrogens with one attached hydrogen (secondary N) is 1. The fourth-order valence-corrected chi connectivity index (χ4v) is 3.58. The molecular weight excluding hydrogens is 348 g/mol. The molecule has 0 saturated carbocycles. The maximum Gasteiger partial charge on any atom is 0.358 e. The lowest BCUT2D eigenvalue weighted by Gasteiger charge is -2.03. The monoisotopic (exact) mass is 362 g/mol. The molecule has 124 valence electrons. The standard InChI is InChI=1S/C15H14N4O3S2/c1-3-4-16-14-18-11(8-23-14)13(21)22-6-10-5-12(20)19-9(2)7-24-15(19)17-10/h3,5,7-8H,1,4,6H2,2H3,(H,16,18). The molecule has 0 radical (unpaired) electrons. The molecule has 3 aromatic heterocycles. The number of esters is 1. The van der Waals surface area contributed by atoms with Crippen LogP contribution >= 0.6 is 22.7 Å². The van der Waals surface area contributed by atoms with Gasteiger partial charge in [-0.1, -0.05) is 6.08 Å². The lowest BCUT2D eigenvalue weighted by Crippen LogP contribution is -2.16. The zero-order chi connectivity index (χ0) is 17.1. The zero-order valence-electron chi connectivity index (χ0n) is 12.8. The molecule has 0 aliphatic rings. The molecule has 0 unspecified atom stereocenters. The van der Waals surface area contributed by atoms with Crippen molar-refractivity contribution in [2.24, 2.45) is 0 Å². The van der Waals surface area contributed by atoms with Gasteiger partial charge in [0, 0.05) is 29.1 Å². The van der Waals surface area contributed by atoms with Crippen LogP contribution in [-0.4, -0.2) is 26.9 Å². The molecule has 9 heteroatoms. The van der Waals surface area contributed by atoms with Gasteiger partial charge in [-0.15, -0.1) is 29.3 Å². The molecule has 0 saturated heterocycles. The second kappa shape index (κ2) is 6.93. The third-order valence-corrected chi connectivity index (χ3v) is 4.83. The van der Waals surface area contributed by atoms with Gasteiger partial charge in [0.05, 0.1) is 5.69 Å². The summed E-state index contributed by atoms with van der Waals surface area (Å²) >= 11 is 2.68. The molecule has 0 fully saturated rings. The summed E-state index contributed by atoms with van der Waals surface area (Å²) in [5, 5.41) is 7.09. The quantitative estimate of drug-likeness (QED) is 0.536. The number of ether oxygens (including phenoxy) is 1. The summed E-state index contributed by atoms with van der Waals surface area (Å²) in [5.74, 6) is -0.553. The van der Waals surface area contributed by atoms with E-state index in [0.717, 1.165) is 5.69 Å². The lowest BCUT2D eigenvalue weighted by atomic mass is 10.4. The summed E-state index contributed by atoms with van der Waals surface area (Å²) in [5.41, 5.74) is 1.28. The highest BCUT2D eigenvalue weighted by Crippen LogP contribution is 2.16. The van der Waals surface area contributed by atoms with Crippen LogP contribution in [0.4, 0.5) is 5.13 Å². The molecule has 0 amide bonds. The van der Waals surface area contributed by atoms with Crippen LogP contribution in [0.5, 0.6) is 0 Å². The summed E-state index contributed by atoms with van der Waals surface area (Å²) in [6, 6.07) is 1.37. The topological polar surface area (TPSA) is 85.6 Å². The fraction of sp³-hybridized carbons (Fsp3) is 0.200. The Balaban J connectivity index is 1.69. The van der Waals surface area contributed by atoms with E-state index in [0.29, 0.717) is 22.3 Å². The molecule has 0 aromatic carbocycles. The van der Waals surface area contributed by atoms with E-state index in [1.54, 1.807) is 11.5 Å². The third-order valence-electron chi connectivity index (χ3n) is 3.09. The summed E-state index contributed by atoms with van der Waals surface area (Å²) in [6.45, 7) is 5.93. The van der Waals surface area contributed by atoms with Crippen LogP contribution in [0.2, 0.25) is 0 Å². The minimum atomic E-state index is -0.553. The first kappa shape index (κ1) is 16.3. The minimum absolute atomic E-state index is 0.0749. The van der Waals surface area contributed by atoms with E-state index in [4.69, 9.17) is 4.74 Å². The lowest BCUT2D eigenvalue weighted by molar-refractivity contribution is 0.0462. The Bertz CT molecular complexity index is 957. The van der Waals surface area contributed by atoms with Gasteiger partial charge in [0.25, 0.3) is 5.56 Å². The Morgan fingerprint density at radius 2 is 2.25 bits per heavy atom. The maximum atomic E-state index is 12.1. The molecule has 3 aromatic rings. The number of rotatable bonds is 6. The molecule has 24 heavy (non-hydrogen) atoms. The number of aromatic nitrogens is 3. The second-order valence-electron chi connectivity index (χ2n) is 4.86. The zero-order valence-corrected chi connectivity index (χ0v) is 14.4. The number of nitrogens with zero attached hydrogens (tertiary/aromatic N) is 3. The fourth-order valence-electron chi connectivity index (χ4n) is 2.00. The van der Waals surface area contributed by atoms with E-state index >= 15 is 0 Å². The first-order valence-corrected chi connectivity index (χ1v) is 8.78. The number of carbonyl (C=O) groups excluding carboxylic acids is 1. The van der Waals surface area contributed by atoms with Gasteiger partial charge in [-0.2, -0.15) is 0 Å². The highest BCUT2D eigenvalue weighted by molar-refractivity contribution is 7.15. The first-order chi connectivity index (χ1) is 11.6. The van der Waals surface area contributed by atoms with Crippen molar-refractivity contribution in [2.45, 2.75) is 13.5 Å². The normalized spacial score (nSPS) is 10.7. The van der Waals surface area contributed by atoms with Crippen LogP contribution in [0.3, 0.4) is 0 Å². The second-order valence-corrected chi connectivity index (χ2v) is 6.56. The molecule has 0 aliphatic carbocycles. The van der Waals surface area contributed by atoms with E-state index in [1.807, 2.05) is 12.3 Å². The maximum absolute atomic E-state index is 12.1. The van der Waals surface area contributed by atoms with Gasteiger partial charge in [0.15, 0.2) is 15.8 Å². The van der Waals surface area contributed by atoms with Crippen molar-refractivity contribution < 1.29 is 9.53 Å². The van der Waals surface area contributed by atoms with Crippen LogP contribution in [0.15, 0.2) is 34.3 Å². The first-order valence-electron chi connectivity index (χ1n) is 7.02. The van der Waals surface area contributed by atoms with Crippen LogP contribution in [0.1, 0.15) is 21.9 Å². The molecule has 1 N–H and O–H groups in total. The number of anilines is 1. The van der Waals surface area contributed by atoms with Gasteiger partial charge < -0.3 is 10.1 Å². The Morgan fingerprint density at radius 1 is 1.42 bits per heavy atom. The predicted octanol–water partition coefficient (Wildman–Crippen LogP) is 2.48. The average molecular weight is 362 g/mol. The van der Waals surface area contributed by atoms with E-state index in [9.17, 15) is 9.59 Å². The number of carbonyl (C=O) groups is 1. The van der Waals surface area contributed by atoms with Crippen LogP contribution < -0.4 is 10.9 Å². The van der Waals surface area contributed by atoms with Crippen molar-refractivity contribution >= 4 is 38.7 Å². The molecule has 0 bridgehead atoms. The van der Waals surface area contributed by atoms with E-state index in [-0.39, 0.29) is 17.9 Å². The van der Waals surface area contributed by atoms with Crippen molar-refractivity contribution in [3.63, 3.8) is 0 Å². The summed E-state index contributed by atoms with van der Waals surface area (Å²) in [6.07, 6.45) is 1.70. The Morgan fingerprint density at radius 3 is 3.04 bits per heavy atom. The smallest absolute Gasteiger partial charge is 0.358 e. The van der Waals surface area contributed by atoms with Crippen LogP contribution in [0, 0.1) is 6.92 Å².